The van der Waals surface area contributed by atoms with Crippen LogP contribution < -0.4 is 5.32 Å². The molecule has 0 radical (unpaired) electrons. The summed E-state index contributed by atoms with van der Waals surface area (Å²) >= 11 is 5.04. The van der Waals surface area contributed by atoms with E-state index in [9.17, 15) is 0 Å². The molecule has 1 atom stereocenters. The van der Waals surface area contributed by atoms with Gasteiger partial charge < -0.3 is 10.1 Å². The van der Waals surface area contributed by atoms with Crippen molar-refractivity contribution in [3.8, 4) is 0 Å². The highest BCUT2D eigenvalue weighted by atomic mass is 32.2. The maximum Gasteiger partial charge on any atom is 0.175 e. The molecule has 0 spiro atoms. The number of ether oxygens (including phenoxy) is 1. The van der Waals surface area contributed by atoms with Crippen LogP contribution in [0.25, 0.3) is 0 Å². The van der Waals surface area contributed by atoms with Crippen LogP contribution in [0.4, 0.5) is 0 Å². The van der Waals surface area contributed by atoms with Gasteiger partial charge in [0.1, 0.15) is 0 Å². The second kappa shape index (κ2) is 9.16. The lowest BCUT2D eigenvalue weighted by Gasteiger charge is -2.16. The van der Waals surface area contributed by atoms with Gasteiger partial charge in [0.05, 0.1) is 6.61 Å². The minimum atomic E-state index is 0.381. The maximum absolute atomic E-state index is 5.20. The van der Waals surface area contributed by atoms with Crippen LogP contribution in [0.1, 0.15) is 13.3 Å². The van der Waals surface area contributed by atoms with Gasteiger partial charge in [-0.1, -0.05) is 41.8 Å². The lowest BCUT2D eigenvalue weighted by molar-refractivity contribution is 0.174. The third kappa shape index (κ3) is 6.05. The maximum atomic E-state index is 5.20. The van der Waals surface area contributed by atoms with Crippen molar-refractivity contribution in [3.63, 3.8) is 0 Å². The first-order valence-electron chi connectivity index (χ1n) is 5.52. The smallest absolute Gasteiger partial charge is 0.175 e. The Bertz CT molecular complexity index is 309. The third-order valence-electron chi connectivity index (χ3n) is 2.02. The zero-order valence-electron chi connectivity index (χ0n) is 10.4. The van der Waals surface area contributed by atoms with E-state index in [-0.39, 0.29) is 0 Å². The van der Waals surface area contributed by atoms with Gasteiger partial charge in [0.15, 0.2) is 8.68 Å². The van der Waals surface area contributed by atoms with Crippen LogP contribution in [0, 0.1) is 0 Å². The Morgan fingerprint density at radius 2 is 2.18 bits per heavy atom. The van der Waals surface area contributed by atoms with Gasteiger partial charge in [0.25, 0.3) is 0 Å². The highest BCUT2D eigenvalue weighted by Gasteiger charge is 2.10. The predicted molar refractivity (Wildman–Crippen MR) is 76.4 cm³/mol. The van der Waals surface area contributed by atoms with Crippen LogP contribution in [0.5, 0.6) is 0 Å². The molecule has 98 valence electrons. The Morgan fingerprint density at radius 1 is 1.41 bits per heavy atom. The molecule has 7 heteroatoms. The number of nitrogens with zero attached hydrogens (tertiary/aromatic N) is 2. The minimum absolute atomic E-state index is 0.381. The molecule has 0 saturated heterocycles. The third-order valence-corrected chi connectivity index (χ3v) is 5.22. The number of aromatic nitrogens is 2. The second-order valence-electron chi connectivity index (χ2n) is 3.46. The van der Waals surface area contributed by atoms with Crippen molar-refractivity contribution >= 4 is 34.9 Å². The summed E-state index contributed by atoms with van der Waals surface area (Å²) in [4.78, 5) is 0. The van der Waals surface area contributed by atoms with E-state index in [0.29, 0.717) is 6.04 Å². The van der Waals surface area contributed by atoms with Crippen molar-refractivity contribution in [1.29, 1.82) is 0 Å². The van der Waals surface area contributed by atoms with Gasteiger partial charge in [-0.15, -0.1) is 10.2 Å². The Labute approximate surface area is 115 Å². The molecule has 0 aliphatic heterocycles. The molecule has 0 bridgehead atoms. The summed E-state index contributed by atoms with van der Waals surface area (Å²) in [5.74, 6) is 0.969. The fraction of sp³-hybridized carbons (Fsp3) is 0.800. The van der Waals surface area contributed by atoms with Crippen LogP contribution in [-0.2, 0) is 4.74 Å². The van der Waals surface area contributed by atoms with Gasteiger partial charge in [-0.05, 0) is 19.2 Å². The zero-order chi connectivity index (χ0) is 12.5. The van der Waals surface area contributed by atoms with E-state index in [1.165, 1.54) is 0 Å². The first-order valence-corrected chi connectivity index (χ1v) is 8.55. The van der Waals surface area contributed by atoms with Crippen LogP contribution in [0.3, 0.4) is 0 Å². The molecule has 17 heavy (non-hydrogen) atoms. The van der Waals surface area contributed by atoms with E-state index >= 15 is 0 Å². The molecular weight excluding hydrogens is 274 g/mol. The number of rotatable bonds is 9. The SMILES string of the molecule is CCCNC(COC)CSc1nnc(SC)s1. The van der Waals surface area contributed by atoms with Gasteiger partial charge in [-0.3, -0.25) is 0 Å². The van der Waals surface area contributed by atoms with E-state index in [2.05, 4.69) is 22.4 Å². The van der Waals surface area contributed by atoms with Crippen LogP contribution >= 0.6 is 34.9 Å². The monoisotopic (exact) mass is 293 g/mol. The highest BCUT2D eigenvalue weighted by Crippen LogP contribution is 2.27. The Hall–Kier alpha value is 0.180. The molecule has 1 unspecified atom stereocenters. The molecule has 1 N–H and O–H groups in total. The fourth-order valence-electron chi connectivity index (χ4n) is 1.23. The number of thioether (sulfide) groups is 2. The quantitative estimate of drug-likeness (QED) is 0.705. The van der Waals surface area contributed by atoms with Gasteiger partial charge in [0.2, 0.25) is 0 Å². The van der Waals surface area contributed by atoms with Crippen molar-refractivity contribution in [3.05, 3.63) is 0 Å². The topological polar surface area (TPSA) is 47.0 Å². The summed E-state index contributed by atoms with van der Waals surface area (Å²) in [6, 6.07) is 0.381. The van der Waals surface area contributed by atoms with Gasteiger partial charge in [-0.2, -0.15) is 0 Å². The molecule has 0 saturated carbocycles. The summed E-state index contributed by atoms with van der Waals surface area (Å²) < 4.78 is 7.26. The molecule has 1 heterocycles. The first-order chi connectivity index (χ1) is 8.30. The van der Waals surface area contributed by atoms with E-state index in [4.69, 9.17) is 4.74 Å². The Balaban J connectivity index is 2.34. The van der Waals surface area contributed by atoms with Gasteiger partial charge in [-0.25, -0.2) is 0 Å². The number of hydrogen-bond donors (Lipinski definition) is 1. The molecule has 4 nitrogen and oxygen atoms in total. The zero-order valence-corrected chi connectivity index (χ0v) is 12.9. The fourth-order valence-corrected chi connectivity index (χ4v) is 3.72. The Kier molecular flexibility index (Phi) is 8.21. The molecule has 0 aliphatic carbocycles. The van der Waals surface area contributed by atoms with Crippen molar-refractivity contribution < 1.29 is 4.74 Å². The standard InChI is InChI=1S/C10H19N3OS3/c1-4-5-11-8(6-14-2)7-16-10-13-12-9(15-3)17-10/h8,11H,4-7H2,1-3H3. The van der Waals surface area contributed by atoms with Crippen LogP contribution in [-0.4, -0.2) is 48.5 Å². The summed E-state index contributed by atoms with van der Waals surface area (Å²) in [5, 5.41) is 11.7. The molecule has 1 rings (SSSR count). The van der Waals surface area contributed by atoms with E-state index in [1.807, 2.05) is 6.26 Å². The molecule has 1 aromatic heterocycles. The summed E-state index contributed by atoms with van der Waals surface area (Å²) in [6.45, 7) is 3.93. The van der Waals surface area contributed by atoms with Crippen molar-refractivity contribution in [1.82, 2.24) is 15.5 Å². The number of nitrogens with one attached hydrogen (secondary N) is 1. The average molecular weight is 293 g/mol. The molecule has 0 aromatic carbocycles. The minimum Gasteiger partial charge on any atom is -0.383 e. The normalized spacial score (nSPS) is 12.9. The summed E-state index contributed by atoms with van der Waals surface area (Å²) in [6.07, 6.45) is 3.16. The molecule has 0 fully saturated rings. The van der Waals surface area contributed by atoms with Crippen LogP contribution in [0.2, 0.25) is 0 Å². The van der Waals surface area contributed by atoms with Gasteiger partial charge in [0, 0.05) is 18.9 Å². The largest absolute Gasteiger partial charge is 0.383 e. The lowest BCUT2D eigenvalue weighted by Crippen LogP contribution is -2.35. The van der Waals surface area contributed by atoms with Crippen molar-refractivity contribution in [2.24, 2.45) is 0 Å². The number of methoxy groups -OCH3 is 1. The van der Waals surface area contributed by atoms with Gasteiger partial charge >= 0.3 is 0 Å². The van der Waals surface area contributed by atoms with Crippen molar-refractivity contribution in [2.45, 2.75) is 28.1 Å². The average Bonchev–Trinajstić information content (AvgIpc) is 2.80. The molecule has 0 aliphatic rings. The molecule has 1 aromatic rings. The predicted octanol–water partition coefficient (Wildman–Crippen LogP) is 2.37. The molecule has 0 amide bonds. The summed E-state index contributed by atoms with van der Waals surface area (Å²) in [5.41, 5.74) is 0. The number of hydrogen-bond acceptors (Lipinski definition) is 7. The van der Waals surface area contributed by atoms with E-state index in [0.717, 1.165) is 34.0 Å². The lowest BCUT2D eigenvalue weighted by atomic mass is 10.3. The first kappa shape index (κ1) is 15.2. The second-order valence-corrected chi connectivity index (χ2v) is 6.75. The highest BCUT2D eigenvalue weighted by molar-refractivity contribution is 8.03. The summed E-state index contributed by atoms with van der Waals surface area (Å²) in [7, 11) is 1.74. The Morgan fingerprint density at radius 3 is 2.76 bits per heavy atom. The van der Waals surface area contributed by atoms with E-state index in [1.54, 1.807) is 42.0 Å². The van der Waals surface area contributed by atoms with E-state index < -0.39 is 0 Å². The van der Waals surface area contributed by atoms with Crippen LogP contribution in [0.15, 0.2) is 8.68 Å². The van der Waals surface area contributed by atoms with Crippen molar-refractivity contribution in [2.75, 3.05) is 32.3 Å². The molecular formula is C10H19N3OS3.